The lowest BCUT2D eigenvalue weighted by atomic mass is 9.75. The lowest BCUT2D eigenvalue weighted by molar-refractivity contribution is -0.0367. The lowest BCUT2D eigenvalue weighted by Gasteiger charge is -2.34. The van der Waals surface area contributed by atoms with Gasteiger partial charge in [0.25, 0.3) is 0 Å². The van der Waals surface area contributed by atoms with Crippen molar-refractivity contribution in [1.82, 2.24) is 0 Å². The first-order chi connectivity index (χ1) is 8.29. The van der Waals surface area contributed by atoms with Gasteiger partial charge >= 0.3 is 0 Å². The predicted octanol–water partition coefficient (Wildman–Crippen LogP) is 4.02. The second-order valence-corrected chi connectivity index (χ2v) is 7.28. The number of hydrogen-bond acceptors (Lipinski definition) is 2. The third kappa shape index (κ3) is 4.24. The molecule has 0 aromatic rings. The molecule has 1 aliphatic carbocycles. The molecule has 108 valence electrons. The van der Waals surface area contributed by atoms with Gasteiger partial charge in [0.05, 0.1) is 5.60 Å². The molecule has 1 rings (SSSR count). The Balaban J connectivity index is 2.59. The first-order valence-electron chi connectivity index (χ1n) is 7.51. The van der Waals surface area contributed by atoms with E-state index in [0.717, 1.165) is 44.6 Å². The average Bonchev–Trinajstić information content (AvgIpc) is 2.48. The van der Waals surface area contributed by atoms with Crippen molar-refractivity contribution in [3.05, 3.63) is 0 Å². The van der Waals surface area contributed by atoms with Crippen molar-refractivity contribution < 1.29 is 9.84 Å². The summed E-state index contributed by atoms with van der Waals surface area (Å²) < 4.78 is 5.14. The summed E-state index contributed by atoms with van der Waals surface area (Å²) in [5.41, 5.74) is -0.0838. The van der Waals surface area contributed by atoms with E-state index in [4.69, 9.17) is 4.74 Å². The number of ether oxygens (including phenoxy) is 1. The van der Waals surface area contributed by atoms with Crippen LogP contribution in [0.3, 0.4) is 0 Å². The van der Waals surface area contributed by atoms with Gasteiger partial charge in [-0.1, -0.05) is 34.1 Å². The summed E-state index contributed by atoms with van der Waals surface area (Å²) in [6, 6.07) is 0. The summed E-state index contributed by atoms with van der Waals surface area (Å²) >= 11 is 0. The molecule has 0 aromatic heterocycles. The van der Waals surface area contributed by atoms with Gasteiger partial charge in [-0.05, 0) is 49.4 Å². The van der Waals surface area contributed by atoms with E-state index < -0.39 is 5.60 Å². The Hall–Kier alpha value is -0.0800. The van der Waals surface area contributed by atoms with Gasteiger partial charge in [0.2, 0.25) is 0 Å². The van der Waals surface area contributed by atoms with Gasteiger partial charge in [-0.2, -0.15) is 0 Å². The Morgan fingerprint density at radius 2 is 1.94 bits per heavy atom. The summed E-state index contributed by atoms with van der Waals surface area (Å²) in [5.74, 6) is 1.09. The first kappa shape index (κ1) is 16.0. The van der Waals surface area contributed by atoms with Gasteiger partial charge in [-0.25, -0.2) is 0 Å². The highest BCUT2D eigenvalue weighted by Gasteiger charge is 2.37. The van der Waals surface area contributed by atoms with E-state index in [1.807, 2.05) is 0 Å². The first-order valence-corrected chi connectivity index (χ1v) is 7.51. The van der Waals surface area contributed by atoms with Crippen LogP contribution in [0.25, 0.3) is 0 Å². The van der Waals surface area contributed by atoms with Crippen molar-refractivity contribution in [3.63, 3.8) is 0 Å². The Morgan fingerprint density at radius 3 is 2.50 bits per heavy atom. The fourth-order valence-electron chi connectivity index (χ4n) is 3.27. The van der Waals surface area contributed by atoms with Crippen molar-refractivity contribution in [1.29, 1.82) is 0 Å². The molecule has 0 aromatic carbocycles. The minimum Gasteiger partial charge on any atom is -0.390 e. The molecule has 1 aliphatic rings. The summed E-state index contributed by atoms with van der Waals surface area (Å²) in [6.45, 7) is 9.92. The van der Waals surface area contributed by atoms with Crippen molar-refractivity contribution in [2.75, 3.05) is 13.7 Å². The van der Waals surface area contributed by atoms with E-state index in [1.165, 1.54) is 6.42 Å². The smallest absolute Gasteiger partial charge is 0.0674 e. The van der Waals surface area contributed by atoms with Crippen LogP contribution >= 0.6 is 0 Å². The minimum absolute atomic E-state index is 0.344. The summed E-state index contributed by atoms with van der Waals surface area (Å²) in [5, 5.41) is 10.9. The van der Waals surface area contributed by atoms with Gasteiger partial charge in [-0.15, -0.1) is 0 Å². The van der Waals surface area contributed by atoms with E-state index >= 15 is 0 Å². The van der Waals surface area contributed by atoms with Crippen LogP contribution < -0.4 is 0 Å². The number of methoxy groups -OCH3 is 1. The molecule has 0 saturated heterocycles. The second kappa shape index (κ2) is 6.38. The van der Waals surface area contributed by atoms with Crippen LogP contribution in [-0.4, -0.2) is 24.4 Å². The Bertz CT molecular complexity index is 244. The highest BCUT2D eigenvalue weighted by Crippen LogP contribution is 2.42. The van der Waals surface area contributed by atoms with Gasteiger partial charge in [0.15, 0.2) is 0 Å². The third-order valence-corrected chi connectivity index (χ3v) is 4.99. The largest absolute Gasteiger partial charge is 0.390 e. The van der Waals surface area contributed by atoms with Crippen molar-refractivity contribution in [2.45, 2.75) is 71.8 Å². The quantitative estimate of drug-likeness (QED) is 0.770. The van der Waals surface area contributed by atoms with Crippen LogP contribution in [0, 0.1) is 17.3 Å². The van der Waals surface area contributed by atoms with Gasteiger partial charge < -0.3 is 9.84 Å². The number of hydrogen-bond donors (Lipinski definition) is 1. The monoisotopic (exact) mass is 256 g/mol. The van der Waals surface area contributed by atoms with Crippen LogP contribution in [0.5, 0.6) is 0 Å². The van der Waals surface area contributed by atoms with Crippen LogP contribution in [0.4, 0.5) is 0 Å². The molecule has 18 heavy (non-hydrogen) atoms. The molecule has 0 heterocycles. The lowest BCUT2D eigenvalue weighted by Crippen LogP contribution is -2.36. The zero-order valence-corrected chi connectivity index (χ0v) is 13.0. The zero-order chi connectivity index (χ0) is 13.8. The molecule has 0 radical (unpaired) electrons. The zero-order valence-electron chi connectivity index (χ0n) is 13.0. The molecule has 0 amide bonds. The number of rotatable bonds is 4. The molecule has 0 bridgehead atoms. The Morgan fingerprint density at radius 1 is 1.28 bits per heavy atom. The minimum atomic E-state index is -0.460. The summed E-state index contributed by atoms with van der Waals surface area (Å²) in [7, 11) is 1.74. The van der Waals surface area contributed by atoms with Gasteiger partial charge in [0, 0.05) is 13.7 Å². The number of aliphatic hydroxyl groups is 1. The fourth-order valence-corrected chi connectivity index (χ4v) is 3.27. The molecule has 1 fully saturated rings. The SMILES string of the molecule is COCCC(C)C1(O)CCCC(C(C)(C)C)CC1. The van der Waals surface area contributed by atoms with E-state index in [2.05, 4.69) is 27.7 Å². The summed E-state index contributed by atoms with van der Waals surface area (Å²) in [6.07, 6.45) is 6.48. The maximum absolute atomic E-state index is 10.9. The molecule has 0 aliphatic heterocycles. The molecule has 1 saturated carbocycles. The van der Waals surface area contributed by atoms with E-state index in [1.54, 1.807) is 7.11 Å². The van der Waals surface area contributed by atoms with Crippen molar-refractivity contribution in [2.24, 2.45) is 17.3 Å². The molecule has 3 unspecified atom stereocenters. The van der Waals surface area contributed by atoms with Crippen LogP contribution in [0.15, 0.2) is 0 Å². The summed E-state index contributed by atoms with van der Waals surface area (Å²) in [4.78, 5) is 0. The topological polar surface area (TPSA) is 29.5 Å². The average molecular weight is 256 g/mol. The van der Waals surface area contributed by atoms with E-state index in [-0.39, 0.29) is 0 Å². The van der Waals surface area contributed by atoms with Crippen LogP contribution in [-0.2, 0) is 4.74 Å². The fraction of sp³-hybridized carbons (Fsp3) is 1.00. The standard InChI is InChI=1S/C16H32O2/c1-13(9-12-18-5)16(17)10-6-7-14(8-11-16)15(2,3)4/h13-14,17H,6-12H2,1-5H3. The van der Waals surface area contributed by atoms with Crippen LogP contribution in [0.2, 0.25) is 0 Å². The highest BCUT2D eigenvalue weighted by molar-refractivity contribution is 4.89. The van der Waals surface area contributed by atoms with Crippen molar-refractivity contribution >= 4 is 0 Å². The van der Waals surface area contributed by atoms with Crippen molar-refractivity contribution in [3.8, 4) is 0 Å². The third-order valence-electron chi connectivity index (χ3n) is 4.99. The second-order valence-electron chi connectivity index (χ2n) is 7.28. The van der Waals surface area contributed by atoms with Gasteiger partial charge in [0.1, 0.15) is 0 Å². The van der Waals surface area contributed by atoms with Gasteiger partial charge in [-0.3, -0.25) is 0 Å². The van der Waals surface area contributed by atoms with Crippen LogP contribution in [0.1, 0.15) is 66.2 Å². The molecule has 3 atom stereocenters. The maximum atomic E-state index is 10.9. The molecule has 2 heteroatoms. The Kier molecular flexibility index (Phi) is 5.67. The molecule has 2 nitrogen and oxygen atoms in total. The Labute approximate surface area is 113 Å². The highest BCUT2D eigenvalue weighted by atomic mass is 16.5. The maximum Gasteiger partial charge on any atom is 0.0674 e. The molecule has 1 N–H and O–H groups in total. The predicted molar refractivity (Wildman–Crippen MR) is 76.6 cm³/mol. The normalized spacial score (nSPS) is 32.0. The van der Waals surface area contributed by atoms with E-state index in [0.29, 0.717) is 11.3 Å². The van der Waals surface area contributed by atoms with E-state index in [9.17, 15) is 5.11 Å². The molecular weight excluding hydrogens is 224 g/mol. The molecular formula is C16H32O2. The molecule has 0 spiro atoms.